The van der Waals surface area contributed by atoms with E-state index < -0.39 is 23.0 Å². The molecule has 0 saturated carbocycles. The number of hydrogen-bond acceptors (Lipinski definition) is 5. The lowest BCUT2D eigenvalue weighted by atomic mass is 9.85. The summed E-state index contributed by atoms with van der Waals surface area (Å²) in [6.45, 7) is 7.06. The van der Waals surface area contributed by atoms with Crippen LogP contribution in [0.25, 0.3) is 4.96 Å². The predicted octanol–water partition coefficient (Wildman–Crippen LogP) is 1.68. The van der Waals surface area contributed by atoms with Crippen LogP contribution in [0.1, 0.15) is 43.2 Å². The van der Waals surface area contributed by atoms with Gasteiger partial charge in [0.05, 0.1) is 12.0 Å². The Labute approximate surface area is 137 Å². The predicted molar refractivity (Wildman–Crippen MR) is 87.0 cm³/mol. The van der Waals surface area contributed by atoms with E-state index in [0.717, 1.165) is 0 Å². The summed E-state index contributed by atoms with van der Waals surface area (Å²) < 4.78 is 1.38. The van der Waals surface area contributed by atoms with E-state index in [1.54, 1.807) is 19.2 Å². The number of rotatable bonds is 5. The van der Waals surface area contributed by atoms with E-state index in [-0.39, 0.29) is 17.9 Å². The first kappa shape index (κ1) is 17.1. The normalized spacial score (nSPS) is 14.0. The Kier molecular flexibility index (Phi) is 4.56. The van der Waals surface area contributed by atoms with Crippen LogP contribution in [0.15, 0.2) is 16.4 Å². The summed E-state index contributed by atoms with van der Waals surface area (Å²) >= 11 is 1.32. The first-order valence-corrected chi connectivity index (χ1v) is 8.04. The van der Waals surface area contributed by atoms with Gasteiger partial charge in [-0.25, -0.2) is 4.98 Å². The number of carboxylic acids is 1. The van der Waals surface area contributed by atoms with E-state index in [1.165, 1.54) is 21.9 Å². The van der Waals surface area contributed by atoms with Gasteiger partial charge in [0.25, 0.3) is 11.5 Å². The fourth-order valence-electron chi connectivity index (χ4n) is 2.21. The molecule has 2 aromatic rings. The van der Waals surface area contributed by atoms with Gasteiger partial charge in [-0.2, -0.15) is 0 Å². The third kappa shape index (κ3) is 3.26. The number of fused-ring (bicyclic) bond motifs is 1. The molecule has 0 aliphatic rings. The van der Waals surface area contributed by atoms with Crippen molar-refractivity contribution < 1.29 is 14.7 Å². The van der Waals surface area contributed by atoms with E-state index in [1.807, 2.05) is 13.8 Å². The first-order chi connectivity index (χ1) is 10.7. The molecule has 0 radical (unpaired) electrons. The van der Waals surface area contributed by atoms with E-state index in [9.17, 15) is 14.4 Å². The number of hydrogen-bond donors (Lipinski definition) is 2. The summed E-state index contributed by atoms with van der Waals surface area (Å²) in [5.74, 6) is -1.75. The summed E-state index contributed by atoms with van der Waals surface area (Å²) in [7, 11) is 0. The average molecular weight is 337 g/mol. The molecule has 0 aliphatic carbocycles. The minimum Gasteiger partial charge on any atom is -0.481 e. The minimum atomic E-state index is -1.01. The summed E-state index contributed by atoms with van der Waals surface area (Å²) in [5.41, 5.74) is -0.804. The van der Waals surface area contributed by atoms with E-state index in [4.69, 9.17) is 5.11 Å². The smallest absolute Gasteiger partial charge is 0.305 e. The van der Waals surface area contributed by atoms with Crippen LogP contribution in [0.4, 0.5) is 0 Å². The van der Waals surface area contributed by atoms with Gasteiger partial charge < -0.3 is 10.4 Å². The Hall–Kier alpha value is -2.22. The molecular formula is C15H19N3O4S. The standard InChI is InChI=1S/C15H19N3O4S/c1-8(2)15(4,5-11(19)20)17-12(21)10-6-16-14-18(13(10)22)9(3)7-23-14/h6-8H,5H2,1-4H3,(H,17,21)(H,19,20). The SMILES string of the molecule is Cc1csc2ncc(C(=O)NC(C)(CC(=O)O)C(C)C)c(=O)n12. The average Bonchev–Trinajstić information content (AvgIpc) is 2.80. The Morgan fingerprint density at radius 3 is 2.70 bits per heavy atom. The Balaban J connectivity index is 2.40. The molecule has 2 rings (SSSR count). The van der Waals surface area contributed by atoms with Crippen LogP contribution in [0.2, 0.25) is 0 Å². The molecule has 0 saturated heterocycles. The van der Waals surface area contributed by atoms with Crippen LogP contribution < -0.4 is 10.9 Å². The van der Waals surface area contributed by atoms with Gasteiger partial charge in [0, 0.05) is 17.3 Å². The van der Waals surface area contributed by atoms with Gasteiger partial charge in [-0.05, 0) is 19.8 Å². The summed E-state index contributed by atoms with van der Waals surface area (Å²) in [5, 5.41) is 13.5. The Morgan fingerprint density at radius 1 is 1.48 bits per heavy atom. The monoisotopic (exact) mass is 337 g/mol. The van der Waals surface area contributed by atoms with Crippen molar-refractivity contribution >= 4 is 28.2 Å². The number of carboxylic acid groups (broad SMARTS) is 1. The van der Waals surface area contributed by atoms with Crippen molar-refractivity contribution in [2.75, 3.05) is 0 Å². The number of nitrogens with zero attached hydrogens (tertiary/aromatic N) is 2. The molecule has 2 aromatic heterocycles. The maximum absolute atomic E-state index is 12.5. The van der Waals surface area contributed by atoms with Gasteiger partial charge in [-0.3, -0.25) is 18.8 Å². The molecule has 8 heteroatoms. The van der Waals surface area contributed by atoms with Crippen LogP contribution in [-0.4, -0.2) is 31.9 Å². The highest BCUT2D eigenvalue weighted by Gasteiger charge is 2.34. The maximum atomic E-state index is 12.5. The number of carbonyl (C=O) groups is 2. The lowest BCUT2D eigenvalue weighted by Gasteiger charge is -2.33. The minimum absolute atomic E-state index is 0.0961. The Bertz CT molecular complexity index is 824. The van der Waals surface area contributed by atoms with Crippen LogP contribution >= 0.6 is 11.3 Å². The molecule has 1 atom stereocenters. The summed E-state index contributed by atoms with van der Waals surface area (Å²) in [4.78, 5) is 40.7. The highest BCUT2D eigenvalue weighted by atomic mass is 32.1. The van der Waals surface area contributed by atoms with Crippen LogP contribution in [-0.2, 0) is 4.79 Å². The van der Waals surface area contributed by atoms with E-state index in [2.05, 4.69) is 10.3 Å². The third-order valence-corrected chi connectivity index (χ3v) is 5.01. The number of amides is 1. The number of aryl methyl sites for hydroxylation is 1. The number of aliphatic carboxylic acids is 1. The van der Waals surface area contributed by atoms with Gasteiger partial charge in [-0.1, -0.05) is 13.8 Å². The zero-order chi connectivity index (χ0) is 17.4. The molecule has 0 aliphatic heterocycles. The summed E-state index contributed by atoms with van der Waals surface area (Å²) in [6.07, 6.45) is 1.01. The lowest BCUT2D eigenvalue weighted by Crippen LogP contribution is -2.52. The van der Waals surface area contributed by atoms with Gasteiger partial charge >= 0.3 is 5.97 Å². The van der Waals surface area contributed by atoms with Crippen molar-refractivity contribution in [1.82, 2.24) is 14.7 Å². The van der Waals surface area contributed by atoms with Crippen LogP contribution in [0, 0.1) is 12.8 Å². The topological polar surface area (TPSA) is 101 Å². The van der Waals surface area contributed by atoms with E-state index >= 15 is 0 Å². The fourth-order valence-corrected chi connectivity index (χ4v) is 3.04. The van der Waals surface area contributed by atoms with Gasteiger partial charge in [-0.15, -0.1) is 11.3 Å². The number of carbonyl (C=O) groups excluding carboxylic acids is 1. The van der Waals surface area contributed by atoms with Crippen molar-refractivity contribution in [3.63, 3.8) is 0 Å². The Morgan fingerprint density at radius 2 is 2.13 bits per heavy atom. The molecule has 2 heterocycles. The van der Waals surface area contributed by atoms with Gasteiger partial charge in [0.1, 0.15) is 5.56 Å². The third-order valence-electron chi connectivity index (χ3n) is 4.05. The highest BCUT2D eigenvalue weighted by molar-refractivity contribution is 7.15. The number of thiazole rings is 1. The zero-order valence-electron chi connectivity index (χ0n) is 13.4. The molecule has 0 bridgehead atoms. The molecule has 0 aromatic carbocycles. The molecule has 0 spiro atoms. The molecule has 7 nitrogen and oxygen atoms in total. The zero-order valence-corrected chi connectivity index (χ0v) is 14.2. The van der Waals surface area contributed by atoms with Gasteiger partial charge in [0.15, 0.2) is 4.96 Å². The second kappa shape index (κ2) is 6.11. The highest BCUT2D eigenvalue weighted by Crippen LogP contribution is 2.21. The molecule has 2 N–H and O–H groups in total. The molecular weight excluding hydrogens is 318 g/mol. The molecule has 1 unspecified atom stereocenters. The largest absolute Gasteiger partial charge is 0.481 e. The molecule has 23 heavy (non-hydrogen) atoms. The van der Waals surface area contributed by atoms with E-state index in [0.29, 0.717) is 10.7 Å². The van der Waals surface area contributed by atoms with Crippen LogP contribution in [0.3, 0.4) is 0 Å². The first-order valence-electron chi connectivity index (χ1n) is 7.16. The van der Waals surface area contributed by atoms with Gasteiger partial charge in [0.2, 0.25) is 0 Å². The van der Waals surface area contributed by atoms with Crippen molar-refractivity contribution in [3.05, 3.63) is 33.2 Å². The second-order valence-electron chi connectivity index (χ2n) is 6.07. The van der Waals surface area contributed by atoms with Crippen molar-refractivity contribution in [1.29, 1.82) is 0 Å². The van der Waals surface area contributed by atoms with Crippen molar-refractivity contribution in [2.45, 2.75) is 39.7 Å². The lowest BCUT2D eigenvalue weighted by molar-refractivity contribution is -0.138. The fraction of sp³-hybridized carbons (Fsp3) is 0.467. The number of nitrogens with one attached hydrogen (secondary N) is 1. The second-order valence-corrected chi connectivity index (χ2v) is 6.91. The molecule has 0 fully saturated rings. The molecule has 1 amide bonds. The quantitative estimate of drug-likeness (QED) is 0.864. The van der Waals surface area contributed by atoms with Crippen molar-refractivity contribution in [2.24, 2.45) is 5.92 Å². The molecule has 124 valence electrons. The van der Waals surface area contributed by atoms with Crippen molar-refractivity contribution in [3.8, 4) is 0 Å². The maximum Gasteiger partial charge on any atom is 0.305 e. The van der Waals surface area contributed by atoms with Crippen LogP contribution in [0.5, 0.6) is 0 Å². The summed E-state index contributed by atoms with van der Waals surface area (Å²) in [6, 6.07) is 0. The number of aromatic nitrogens is 2.